The summed E-state index contributed by atoms with van der Waals surface area (Å²) in [4.78, 5) is 41.2. The number of anilines is 1. The Hall–Kier alpha value is -3.61. The highest BCUT2D eigenvalue weighted by molar-refractivity contribution is 7.99. The molecule has 3 amide bonds. The van der Waals surface area contributed by atoms with E-state index < -0.39 is 12.1 Å². The number of amides is 3. The molecular weight excluding hydrogens is 610 g/mol. The fourth-order valence-corrected chi connectivity index (χ4v) is 6.01. The summed E-state index contributed by atoms with van der Waals surface area (Å²) < 4.78 is 0. The van der Waals surface area contributed by atoms with Gasteiger partial charge in [-0.2, -0.15) is 0 Å². The molecule has 0 saturated carbocycles. The lowest BCUT2D eigenvalue weighted by Crippen LogP contribution is -2.57. The summed E-state index contributed by atoms with van der Waals surface area (Å²) in [5.41, 5.74) is 15.7. The number of carbonyl (C=O) groups is 3. The topological polar surface area (TPSA) is 155 Å². The molecule has 0 aromatic heterocycles. The van der Waals surface area contributed by atoms with Crippen LogP contribution in [0.4, 0.5) is 5.69 Å². The van der Waals surface area contributed by atoms with E-state index in [9.17, 15) is 14.4 Å². The Kier molecular flexibility index (Phi) is 14.6. The van der Waals surface area contributed by atoms with Crippen molar-refractivity contribution >= 4 is 47.3 Å². The van der Waals surface area contributed by atoms with Crippen LogP contribution in [0.15, 0.2) is 76.5 Å². The number of halogens is 1. The summed E-state index contributed by atoms with van der Waals surface area (Å²) in [5, 5.41) is 12.9. The monoisotopic (exact) mass is 653 g/mol. The van der Waals surface area contributed by atoms with Gasteiger partial charge in [-0.1, -0.05) is 65.8 Å². The van der Waals surface area contributed by atoms with E-state index in [4.69, 9.17) is 23.1 Å². The average molecular weight is 654 g/mol. The van der Waals surface area contributed by atoms with Crippen molar-refractivity contribution in [2.75, 3.05) is 25.5 Å². The van der Waals surface area contributed by atoms with Crippen LogP contribution in [-0.2, 0) is 27.5 Å². The molecule has 0 fully saturated rings. The highest BCUT2D eigenvalue weighted by Crippen LogP contribution is 2.34. The van der Waals surface area contributed by atoms with Gasteiger partial charge in [0.25, 0.3) is 0 Å². The lowest BCUT2D eigenvalue weighted by atomic mass is 10.1. The van der Waals surface area contributed by atoms with Gasteiger partial charge in [0.1, 0.15) is 6.04 Å². The van der Waals surface area contributed by atoms with Gasteiger partial charge in [-0.15, -0.1) is 0 Å². The number of carbonyl (C=O) groups excluding carboxylic acids is 3. The van der Waals surface area contributed by atoms with Crippen molar-refractivity contribution in [2.24, 2.45) is 11.5 Å². The molecule has 0 aliphatic heterocycles. The number of hydrogen-bond acceptors (Lipinski definition) is 8. The molecule has 12 heteroatoms. The largest absolute Gasteiger partial charge is 0.365 e. The van der Waals surface area contributed by atoms with Crippen LogP contribution in [0.3, 0.4) is 0 Å². The van der Waals surface area contributed by atoms with Crippen molar-refractivity contribution in [3.8, 4) is 0 Å². The first-order valence-electron chi connectivity index (χ1n) is 14.9. The molecule has 0 bridgehead atoms. The molecule has 3 aromatic rings. The fourth-order valence-electron chi connectivity index (χ4n) is 4.66. The molecule has 242 valence electrons. The van der Waals surface area contributed by atoms with Gasteiger partial charge >= 0.3 is 0 Å². The van der Waals surface area contributed by atoms with Crippen LogP contribution >= 0.6 is 23.4 Å². The van der Waals surface area contributed by atoms with E-state index in [1.54, 1.807) is 18.0 Å². The number of nitrogens with zero attached hydrogens (tertiary/aromatic N) is 1. The van der Waals surface area contributed by atoms with Gasteiger partial charge in [-0.3, -0.25) is 14.4 Å². The predicted octanol–water partition coefficient (Wildman–Crippen LogP) is 3.60. The zero-order chi connectivity index (χ0) is 32.8. The van der Waals surface area contributed by atoms with Crippen molar-refractivity contribution in [1.82, 2.24) is 20.9 Å². The minimum absolute atomic E-state index is 0.0456. The van der Waals surface area contributed by atoms with E-state index in [0.717, 1.165) is 32.2 Å². The van der Waals surface area contributed by atoms with Crippen molar-refractivity contribution in [2.45, 2.75) is 67.8 Å². The predicted molar refractivity (Wildman–Crippen MR) is 182 cm³/mol. The number of nitrogens with one attached hydrogen (secondary N) is 4. The van der Waals surface area contributed by atoms with Crippen LogP contribution < -0.4 is 32.7 Å². The van der Waals surface area contributed by atoms with Crippen LogP contribution in [0.25, 0.3) is 0 Å². The third kappa shape index (κ3) is 10.8. The smallest absolute Gasteiger partial charge is 0.247 e. The number of nitrogens with two attached hydrogens (primary N) is 2. The number of para-hydroxylation sites is 1. The maximum atomic E-state index is 13.5. The van der Waals surface area contributed by atoms with Crippen molar-refractivity contribution < 1.29 is 14.4 Å². The highest BCUT2D eigenvalue weighted by atomic mass is 35.5. The maximum Gasteiger partial charge on any atom is 0.247 e. The van der Waals surface area contributed by atoms with Crippen molar-refractivity contribution in [1.29, 1.82) is 0 Å². The summed E-state index contributed by atoms with van der Waals surface area (Å²) in [5.74, 6) is -0.609. The van der Waals surface area contributed by atoms with E-state index in [1.807, 2.05) is 74.5 Å². The maximum absolute atomic E-state index is 13.5. The molecule has 10 nitrogen and oxygen atoms in total. The van der Waals surface area contributed by atoms with Crippen LogP contribution in [0.1, 0.15) is 36.5 Å². The minimum atomic E-state index is -0.894. The number of rotatable bonds is 18. The first kappa shape index (κ1) is 35.9. The van der Waals surface area contributed by atoms with Crippen molar-refractivity contribution in [3.05, 3.63) is 88.4 Å². The molecule has 0 aliphatic carbocycles. The molecule has 0 aliphatic rings. The molecule has 3 atom stereocenters. The number of benzene rings is 3. The first-order valence-corrected chi connectivity index (χ1v) is 16.1. The van der Waals surface area contributed by atoms with Crippen LogP contribution in [0.2, 0.25) is 5.02 Å². The van der Waals surface area contributed by atoms with Crippen LogP contribution in [-0.4, -0.2) is 61.5 Å². The molecule has 0 radical (unpaired) electrons. The van der Waals surface area contributed by atoms with Crippen LogP contribution in [0.5, 0.6) is 0 Å². The fraction of sp³-hybridized carbons (Fsp3) is 0.364. The summed E-state index contributed by atoms with van der Waals surface area (Å²) in [6, 6.07) is 19.8. The Morgan fingerprint density at radius 1 is 0.978 bits per heavy atom. The molecule has 1 unspecified atom stereocenters. The molecule has 0 saturated heterocycles. The highest BCUT2D eigenvalue weighted by Gasteiger charge is 2.28. The molecule has 0 heterocycles. The lowest BCUT2D eigenvalue weighted by molar-refractivity contribution is -0.136. The summed E-state index contributed by atoms with van der Waals surface area (Å²) in [6.07, 6.45) is 1.44. The Labute approximate surface area is 275 Å². The number of likely N-dealkylation sites (N-methyl/N-ethyl adjacent to an activating group) is 1. The second-order valence-electron chi connectivity index (χ2n) is 10.7. The van der Waals surface area contributed by atoms with Crippen LogP contribution in [0, 0.1) is 6.92 Å². The molecule has 3 aromatic carbocycles. The van der Waals surface area contributed by atoms with Gasteiger partial charge < -0.3 is 37.6 Å². The summed E-state index contributed by atoms with van der Waals surface area (Å²) in [7, 11) is 1.69. The second-order valence-corrected chi connectivity index (χ2v) is 12.2. The van der Waals surface area contributed by atoms with Gasteiger partial charge in [0, 0.05) is 47.2 Å². The number of aryl methyl sites for hydroxylation is 1. The molecule has 3 rings (SSSR count). The van der Waals surface area contributed by atoms with Gasteiger partial charge in [0.15, 0.2) is 0 Å². The quantitative estimate of drug-likeness (QED) is 0.0899. The molecule has 0 spiro atoms. The third-order valence-electron chi connectivity index (χ3n) is 7.44. The average Bonchev–Trinajstić information content (AvgIpc) is 3.04. The normalized spacial score (nSPS) is 12.9. The van der Waals surface area contributed by atoms with Gasteiger partial charge in [0.2, 0.25) is 18.2 Å². The second kappa shape index (κ2) is 18.4. The van der Waals surface area contributed by atoms with Crippen molar-refractivity contribution in [3.63, 3.8) is 0 Å². The molecule has 45 heavy (non-hydrogen) atoms. The Balaban J connectivity index is 1.70. The zero-order valence-corrected chi connectivity index (χ0v) is 27.6. The van der Waals surface area contributed by atoms with E-state index in [0.29, 0.717) is 43.9 Å². The van der Waals surface area contributed by atoms with E-state index in [2.05, 4.69) is 21.3 Å². The minimum Gasteiger partial charge on any atom is -0.365 e. The SMILES string of the molecule is Cc1ccccc1NC(C)N(C)C(=O)[C@H](CN)NC(=O)[C@H](CCCN)NCc1ccccc1Sc1cc(Cl)ccc1CNC=O. The Bertz CT molecular complexity index is 1430. The van der Waals surface area contributed by atoms with E-state index in [1.165, 1.54) is 11.8 Å². The summed E-state index contributed by atoms with van der Waals surface area (Å²) in [6.45, 7) is 5.03. The molecular formula is C33H44ClN7O3S. The van der Waals surface area contributed by atoms with E-state index >= 15 is 0 Å². The van der Waals surface area contributed by atoms with Gasteiger partial charge in [0.05, 0.1) is 12.2 Å². The standard InChI is InChI=1S/C33H44ClN7O3S/c1-22-9-4-6-11-27(22)39-23(2)41(3)33(44)29(18-36)40-32(43)28(12-8-16-35)38-20-24-10-5-7-13-30(24)45-31-17-26(34)15-14-25(31)19-37-21-42/h4-7,9-11,13-15,17,21,23,28-29,38-39H,8,12,16,18-20,35-36H2,1-3H3,(H,37,42)(H,40,43)/t23?,28-,29-/m0/s1. The van der Waals surface area contributed by atoms with Gasteiger partial charge in [-0.25, -0.2) is 0 Å². The third-order valence-corrected chi connectivity index (χ3v) is 8.89. The van der Waals surface area contributed by atoms with Gasteiger partial charge in [-0.05, 0) is 74.2 Å². The zero-order valence-electron chi connectivity index (χ0n) is 26.0. The Morgan fingerprint density at radius 2 is 1.69 bits per heavy atom. The Morgan fingerprint density at radius 3 is 2.40 bits per heavy atom. The summed E-state index contributed by atoms with van der Waals surface area (Å²) >= 11 is 7.82. The first-order chi connectivity index (χ1) is 21.7. The number of hydrogen-bond donors (Lipinski definition) is 6. The lowest BCUT2D eigenvalue weighted by Gasteiger charge is -2.31. The molecule has 8 N–H and O–H groups in total. The van der Waals surface area contributed by atoms with E-state index in [-0.39, 0.29) is 24.5 Å².